The zero-order valence-electron chi connectivity index (χ0n) is 11.4. The maximum Gasteiger partial charge on any atom is 0.139 e. The van der Waals surface area contributed by atoms with Crippen LogP contribution in [0, 0.1) is 0 Å². The van der Waals surface area contributed by atoms with Crippen LogP contribution in [0.5, 0.6) is 5.75 Å². The van der Waals surface area contributed by atoms with Crippen molar-refractivity contribution in [2.45, 2.75) is 44.4 Å². The lowest BCUT2D eigenvalue weighted by molar-refractivity contribution is -0.0306. The predicted molar refractivity (Wildman–Crippen MR) is 78.6 cm³/mol. The summed E-state index contributed by atoms with van der Waals surface area (Å²) in [6.07, 6.45) is 2.11. The number of rotatable bonds is 2. The molecule has 2 aliphatic heterocycles. The SMILES string of the molecule is CCNC1CC2(CCOC2C)Oc2cc(Br)ccc21. The van der Waals surface area contributed by atoms with Gasteiger partial charge in [-0.15, -0.1) is 0 Å². The van der Waals surface area contributed by atoms with E-state index in [1.165, 1.54) is 5.56 Å². The fourth-order valence-corrected chi connectivity index (χ4v) is 3.53. The van der Waals surface area contributed by atoms with E-state index in [0.29, 0.717) is 6.04 Å². The molecule has 1 aromatic rings. The molecule has 2 aliphatic rings. The summed E-state index contributed by atoms with van der Waals surface area (Å²) in [7, 11) is 0. The van der Waals surface area contributed by atoms with Gasteiger partial charge in [0, 0.05) is 28.9 Å². The number of hydrogen-bond acceptors (Lipinski definition) is 3. The number of nitrogens with one attached hydrogen (secondary N) is 1. The lowest BCUT2D eigenvalue weighted by Gasteiger charge is -2.42. The van der Waals surface area contributed by atoms with Gasteiger partial charge in [0.2, 0.25) is 0 Å². The lowest BCUT2D eigenvalue weighted by atomic mass is 9.83. The van der Waals surface area contributed by atoms with Crippen LogP contribution in [0.4, 0.5) is 0 Å². The normalized spacial score (nSPS) is 33.2. The molecule has 0 radical (unpaired) electrons. The van der Waals surface area contributed by atoms with Gasteiger partial charge in [-0.2, -0.15) is 0 Å². The third-order valence-electron chi connectivity index (χ3n) is 4.30. The summed E-state index contributed by atoms with van der Waals surface area (Å²) in [5, 5.41) is 3.58. The molecule has 1 spiro atoms. The van der Waals surface area contributed by atoms with Crippen LogP contribution >= 0.6 is 15.9 Å². The minimum Gasteiger partial charge on any atom is -0.484 e. The highest BCUT2D eigenvalue weighted by Crippen LogP contribution is 2.46. The van der Waals surface area contributed by atoms with Crippen molar-refractivity contribution >= 4 is 15.9 Å². The van der Waals surface area contributed by atoms with Gasteiger partial charge in [-0.1, -0.05) is 28.9 Å². The second kappa shape index (κ2) is 5.08. The Morgan fingerprint density at radius 2 is 2.32 bits per heavy atom. The summed E-state index contributed by atoms with van der Waals surface area (Å²) in [5.41, 5.74) is 1.09. The van der Waals surface area contributed by atoms with E-state index in [9.17, 15) is 0 Å². The number of hydrogen-bond donors (Lipinski definition) is 1. The highest BCUT2D eigenvalue weighted by molar-refractivity contribution is 9.10. The summed E-state index contributed by atoms with van der Waals surface area (Å²) in [6, 6.07) is 6.66. The number of fused-ring (bicyclic) bond motifs is 1. The largest absolute Gasteiger partial charge is 0.484 e. The van der Waals surface area contributed by atoms with E-state index in [1.54, 1.807) is 0 Å². The Kier molecular flexibility index (Phi) is 3.58. The first-order valence-electron chi connectivity index (χ1n) is 6.98. The van der Waals surface area contributed by atoms with Crippen LogP contribution in [0.15, 0.2) is 22.7 Å². The van der Waals surface area contributed by atoms with E-state index in [1.807, 2.05) is 0 Å². The standard InChI is InChI=1S/C15H20BrNO2/c1-3-17-13-9-15(6-7-18-10(15)2)19-14-8-11(16)4-5-12(13)14/h4-5,8,10,13,17H,3,6-7,9H2,1-2H3. The molecule has 1 saturated heterocycles. The van der Waals surface area contributed by atoms with Crippen LogP contribution in [0.25, 0.3) is 0 Å². The molecule has 1 N–H and O–H groups in total. The Bertz CT molecular complexity index is 479. The van der Waals surface area contributed by atoms with Crippen LogP contribution in [0.2, 0.25) is 0 Å². The van der Waals surface area contributed by atoms with E-state index in [4.69, 9.17) is 9.47 Å². The molecule has 3 unspecified atom stereocenters. The number of halogens is 1. The number of benzene rings is 1. The van der Waals surface area contributed by atoms with Gasteiger partial charge in [0.15, 0.2) is 0 Å². The molecule has 19 heavy (non-hydrogen) atoms. The second-order valence-electron chi connectivity index (χ2n) is 5.43. The van der Waals surface area contributed by atoms with Crippen LogP contribution in [-0.4, -0.2) is 24.9 Å². The number of ether oxygens (including phenoxy) is 2. The Balaban J connectivity index is 2.00. The van der Waals surface area contributed by atoms with Gasteiger partial charge in [0.1, 0.15) is 11.4 Å². The monoisotopic (exact) mass is 325 g/mol. The van der Waals surface area contributed by atoms with E-state index in [-0.39, 0.29) is 11.7 Å². The molecule has 0 bridgehead atoms. The molecular weight excluding hydrogens is 306 g/mol. The minimum atomic E-state index is -0.166. The van der Waals surface area contributed by atoms with Crippen LogP contribution in [0.1, 0.15) is 38.3 Å². The molecule has 0 aromatic heterocycles. The first-order valence-corrected chi connectivity index (χ1v) is 7.77. The van der Waals surface area contributed by atoms with Crippen molar-refractivity contribution in [3.05, 3.63) is 28.2 Å². The van der Waals surface area contributed by atoms with Crippen LogP contribution in [0.3, 0.4) is 0 Å². The van der Waals surface area contributed by atoms with Gasteiger partial charge in [0.05, 0.1) is 12.7 Å². The Morgan fingerprint density at radius 1 is 1.47 bits per heavy atom. The van der Waals surface area contributed by atoms with Gasteiger partial charge >= 0.3 is 0 Å². The first-order chi connectivity index (χ1) is 9.14. The van der Waals surface area contributed by atoms with Gasteiger partial charge < -0.3 is 14.8 Å². The lowest BCUT2D eigenvalue weighted by Crippen LogP contribution is -2.48. The van der Waals surface area contributed by atoms with Crippen LogP contribution < -0.4 is 10.1 Å². The van der Waals surface area contributed by atoms with Gasteiger partial charge in [-0.25, -0.2) is 0 Å². The third kappa shape index (κ3) is 2.30. The average Bonchev–Trinajstić information content (AvgIpc) is 2.70. The molecule has 0 aliphatic carbocycles. The highest BCUT2D eigenvalue weighted by Gasteiger charge is 2.48. The van der Waals surface area contributed by atoms with Crippen molar-refractivity contribution in [2.24, 2.45) is 0 Å². The van der Waals surface area contributed by atoms with E-state index in [2.05, 4.69) is 53.3 Å². The van der Waals surface area contributed by atoms with Gasteiger partial charge in [0.25, 0.3) is 0 Å². The molecule has 3 atom stereocenters. The maximum atomic E-state index is 6.36. The summed E-state index contributed by atoms with van der Waals surface area (Å²) in [5.74, 6) is 0.990. The van der Waals surface area contributed by atoms with Crippen molar-refractivity contribution in [3.63, 3.8) is 0 Å². The molecule has 4 heteroatoms. The summed E-state index contributed by atoms with van der Waals surface area (Å²) in [6.45, 7) is 6.03. The van der Waals surface area contributed by atoms with Crippen molar-refractivity contribution in [1.29, 1.82) is 0 Å². The van der Waals surface area contributed by atoms with Crippen molar-refractivity contribution < 1.29 is 9.47 Å². The van der Waals surface area contributed by atoms with Crippen LogP contribution in [-0.2, 0) is 4.74 Å². The molecule has 0 saturated carbocycles. The predicted octanol–water partition coefficient (Wildman–Crippen LogP) is 3.43. The van der Waals surface area contributed by atoms with Gasteiger partial charge in [-0.05, 0) is 25.6 Å². The second-order valence-corrected chi connectivity index (χ2v) is 6.34. The Hall–Kier alpha value is -0.580. The fourth-order valence-electron chi connectivity index (χ4n) is 3.19. The highest BCUT2D eigenvalue weighted by atomic mass is 79.9. The van der Waals surface area contributed by atoms with Crippen molar-refractivity contribution in [3.8, 4) is 5.75 Å². The molecule has 0 amide bonds. The van der Waals surface area contributed by atoms with Crippen molar-refractivity contribution in [1.82, 2.24) is 5.32 Å². The molecule has 1 aromatic carbocycles. The fraction of sp³-hybridized carbons (Fsp3) is 0.600. The topological polar surface area (TPSA) is 30.5 Å². The Morgan fingerprint density at radius 3 is 3.00 bits per heavy atom. The smallest absolute Gasteiger partial charge is 0.139 e. The Labute approximate surface area is 122 Å². The van der Waals surface area contributed by atoms with E-state index in [0.717, 1.165) is 36.2 Å². The summed E-state index contributed by atoms with van der Waals surface area (Å²) >= 11 is 3.53. The quantitative estimate of drug-likeness (QED) is 0.903. The molecule has 3 nitrogen and oxygen atoms in total. The zero-order valence-corrected chi connectivity index (χ0v) is 13.0. The van der Waals surface area contributed by atoms with Crippen molar-refractivity contribution in [2.75, 3.05) is 13.2 Å². The molecule has 3 rings (SSSR count). The first kappa shape index (κ1) is 13.4. The average molecular weight is 326 g/mol. The molecule has 1 fully saturated rings. The molecular formula is C15H20BrNO2. The molecule has 104 valence electrons. The maximum absolute atomic E-state index is 6.36. The summed E-state index contributed by atoms with van der Waals surface area (Å²) in [4.78, 5) is 0. The van der Waals surface area contributed by atoms with E-state index < -0.39 is 0 Å². The zero-order chi connectivity index (χ0) is 13.5. The minimum absolute atomic E-state index is 0.154. The molecule has 2 heterocycles. The van der Waals surface area contributed by atoms with Gasteiger partial charge in [-0.3, -0.25) is 0 Å². The summed E-state index contributed by atoms with van der Waals surface area (Å²) < 4.78 is 13.2. The third-order valence-corrected chi connectivity index (χ3v) is 4.79. The van der Waals surface area contributed by atoms with E-state index >= 15 is 0 Å².